The van der Waals surface area contributed by atoms with Crippen LogP contribution in [0.1, 0.15) is 17.4 Å². The Balaban J connectivity index is 1.67. The Kier molecular flexibility index (Phi) is 5.06. The van der Waals surface area contributed by atoms with E-state index in [1.54, 1.807) is 29.6 Å². The lowest BCUT2D eigenvalue weighted by atomic mass is 10.2. The summed E-state index contributed by atoms with van der Waals surface area (Å²) in [5.41, 5.74) is 2.44. The van der Waals surface area contributed by atoms with Crippen LogP contribution in [0.4, 0.5) is 22.2 Å². The van der Waals surface area contributed by atoms with Gasteiger partial charge in [-0.2, -0.15) is 0 Å². The van der Waals surface area contributed by atoms with E-state index in [4.69, 9.17) is 0 Å². The molecular formula is C18H16N4O2S. The van der Waals surface area contributed by atoms with Crippen LogP contribution in [0.3, 0.4) is 0 Å². The number of amides is 2. The van der Waals surface area contributed by atoms with Gasteiger partial charge in [-0.15, -0.1) is 11.3 Å². The average Bonchev–Trinajstić information content (AvgIpc) is 3.04. The maximum Gasteiger partial charge on any atom is 0.275 e. The second kappa shape index (κ2) is 7.59. The zero-order valence-electron chi connectivity index (χ0n) is 13.4. The number of aromatic nitrogens is 1. The molecule has 1 heterocycles. The molecule has 0 aliphatic heterocycles. The van der Waals surface area contributed by atoms with Gasteiger partial charge in [-0.25, -0.2) is 4.98 Å². The normalized spacial score (nSPS) is 10.1. The number of anilines is 4. The number of hydrogen-bond donors (Lipinski definition) is 3. The summed E-state index contributed by atoms with van der Waals surface area (Å²) in [5.74, 6) is -0.475. The summed E-state index contributed by atoms with van der Waals surface area (Å²) in [6.07, 6.45) is 0. The standard InChI is InChI=1S/C18H16N4O2S/c1-12(23)19-14-8-5-9-15(10-14)20-17(24)16-11-25-18(22-16)21-13-6-3-2-4-7-13/h2-11H,1H3,(H,19,23)(H,20,24)(H,21,22). The van der Waals surface area contributed by atoms with Crippen molar-refractivity contribution in [2.75, 3.05) is 16.0 Å². The summed E-state index contributed by atoms with van der Waals surface area (Å²) in [5, 5.41) is 10.9. The molecule has 7 heteroatoms. The maximum absolute atomic E-state index is 12.3. The van der Waals surface area contributed by atoms with Crippen molar-refractivity contribution in [1.82, 2.24) is 4.98 Å². The zero-order valence-corrected chi connectivity index (χ0v) is 14.3. The van der Waals surface area contributed by atoms with Crippen LogP contribution < -0.4 is 16.0 Å². The fourth-order valence-corrected chi connectivity index (χ4v) is 2.86. The fraction of sp³-hybridized carbons (Fsp3) is 0.0556. The Morgan fingerprint density at radius 2 is 1.60 bits per heavy atom. The maximum atomic E-state index is 12.3. The molecule has 0 bridgehead atoms. The number of carbonyl (C=O) groups is 2. The predicted octanol–water partition coefficient (Wildman–Crippen LogP) is 4.10. The molecule has 25 heavy (non-hydrogen) atoms. The van der Waals surface area contributed by atoms with Crippen LogP contribution in [0, 0.1) is 0 Å². The van der Waals surface area contributed by atoms with Gasteiger partial charge in [0, 0.05) is 29.4 Å². The Bertz CT molecular complexity index is 893. The largest absolute Gasteiger partial charge is 0.332 e. The second-order valence-corrected chi connectivity index (χ2v) is 6.10. The summed E-state index contributed by atoms with van der Waals surface area (Å²) in [6, 6.07) is 16.6. The first kappa shape index (κ1) is 16.7. The number of hydrogen-bond acceptors (Lipinski definition) is 5. The van der Waals surface area contributed by atoms with E-state index in [-0.39, 0.29) is 11.8 Å². The molecule has 0 fully saturated rings. The molecule has 2 amide bonds. The van der Waals surface area contributed by atoms with E-state index in [2.05, 4.69) is 20.9 Å². The molecule has 0 aliphatic carbocycles. The van der Waals surface area contributed by atoms with Crippen LogP contribution in [0.5, 0.6) is 0 Å². The fourth-order valence-electron chi connectivity index (χ4n) is 2.15. The third-order valence-electron chi connectivity index (χ3n) is 3.20. The lowest BCUT2D eigenvalue weighted by molar-refractivity contribution is -0.114. The van der Waals surface area contributed by atoms with Gasteiger partial charge in [-0.3, -0.25) is 9.59 Å². The lowest BCUT2D eigenvalue weighted by Crippen LogP contribution is -2.13. The molecular weight excluding hydrogens is 336 g/mol. The first-order valence-electron chi connectivity index (χ1n) is 7.57. The van der Waals surface area contributed by atoms with Gasteiger partial charge in [0.15, 0.2) is 5.13 Å². The van der Waals surface area contributed by atoms with E-state index in [0.717, 1.165) is 5.69 Å². The zero-order chi connectivity index (χ0) is 17.6. The molecule has 3 N–H and O–H groups in total. The van der Waals surface area contributed by atoms with Crippen molar-refractivity contribution >= 4 is 45.3 Å². The summed E-state index contributed by atoms with van der Waals surface area (Å²) in [4.78, 5) is 27.7. The highest BCUT2D eigenvalue weighted by atomic mass is 32.1. The van der Waals surface area contributed by atoms with Gasteiger partial charge < -0.3 is 16.0 Å². The van der Waals surface area contributed by atoms with Crippen molar-refractivity contribution in [2.45, 2.75) is 6.92 Å². The molecule has 6 nitrogen and oxygen atoms in total. The van der Waals surface area contributed by atoms with E-state index in [9.17, 15) is 9.59 Å². The van der Waals surface area contributed by atoms with Crippen molar-refractivity contribution < 1.29 is 9.59 Å². The van der Waals surface area contributed by atoms with Gasteiger partial charge in [0.1, 0.15) is 5.69 Å². The predicted molar refractivity (Wildman–Crippen MR) is 101 cm³/mol. The molecule has 1 aromatic heterocycles. The molecule has 0 saturated heterocycles. The van der Waals surface area contributed by atoms with E-state index < -0.39 is 0 Å². The van der Waals surface area contributed by atoms with Gasteiger partial charge in [0.05, 0.1) is 0 Å². The highest BCUT2D eigenvalue weighted by molar-refractivity contribution is 7.14. The van der Waals surface area contributed by atoms with Crippen LogP contribution in [-0.4, -0.2) is 16.8 Å². The third kappa shape index (κ3) is 4.65. The first-order valence-corrected chi connectivity index (χ1v) is 8.45. The summed E-state index contributed by atoms with van der Waals surface area (Å²) >= 11 is 1.35. The summed E-state index contributed by atoms with van der Waals surface area (Å²) in [6.45, 7) is 1.43. The molecule has 2 aromatic carbocycles. The van der Waals surface area contributed by atoms with Gasteiger partial charge in [-0.05, 0) is 30.3 Å². The number of rotatable bonds is 5. The van der Waals surface area contributed by atoms with Crippen LogP contribution in [0.15, 0.2) is 60.0 Å². The Morgan fingerprint density at radius 3 is 2.32 bits per heavy atom. The Morgan fingerprint density at radius 1 is 0.920 bits per heavy atom. The lowest BCUT2D eigenvalue weighted by Gasteiger charge is -2.06. The van der Waals surface area contributed by atoms with Crippen LogP contribution in [0.25, 0.3) is 0 Å². The SMILES string of the molecule is CC(=O)Nc1cccc(NC(=O)c2csc(Nc3ccccc3)n2)c1. The molecule has 0 unspecified atom stereocenters. The van der Waals surface area contributed by atoms with Crippen molar-refractivity contribution in [3.63, 3.8) is 0 Å². The number of benzene rings is 2. The number of thiazole rings is 1. The molecule has 126 valence electrons. The van der Waals surface area contributed by atoms with E-state index >= 15 is 0 Å². The molecule has 0 aliphatic rings. The van der Waals surface area contributed by atoms with E-state index in [1.165, 1.54) is 18.3 Å². The van der Waals surface area contributed by atoms with Gasteiger partial charge in [-0.1, -0.05) is 24.3 Å². The van der Waals surface area contributed by atoms with Crippen molar-refractivity contribution in [3.05, 3.63) is 65.7 Å². The number of carbonyl (C=O) groups excluding carboxylic acids is 2. The van der Waals surface area contributed by atoms with Gasteiger partial charge in [0.25, 0.3) is 5.91 Å². The third-order valence-corrected chi connectivity index (χ3v) is 3.96. The van der Waals surface area contributed by atoms with Crippen LogP contribution in [-0.2, 0) is 4.79 Å². The average molecular weight is 352 g/mol. The molecule has 0 atom stereocenters. The highest BCUT2D eigenvalue weighted by Gasteiger charge is 2.11. The van der Waals surface area contributed by atoms with Crippen molar-refractivity contribution in [2.24, 2.45) is 0 Å². The Labute approximate surface area is 148 Å². The van der Waals surface area contributed by atoms with Crippen molar-refractivity contribution in [1.29, 1.82) is 0 Å². The molecule has 0 spiro atoms. The quantitative estimate of drug-likeness (QED) is 0.646. The molecule has 3 rings (SSSR count). The summed E-state index contributed by atoms with van der Waals surface area (Å²) in [7, 11) is 0. The smallest absolute Gasteiger partial charge is 0.275 e. The van der Waals surface area contributed by atoms with E-state index in [1.807, 2.05) is 30.3 Å². The van der Waals surface area contributed by atoms with Gasteiger partial charge >= 0.3 is 0 Å². The van der Waals surface area contributed by atoms with Crippen LogP contribution >= 0.6 is 11.3 Å². The molecule has 0 radical (unpaired) electrons. The summed E-state index contributed by atoms with van der Waals surface area (Å²) < 4.78 is 0. The highest BCUT2D eigenvalue weighted by Crippen LogP contribution is 2.22. The Hall–Kier alpha value is -3.19. The number of para-hydroxylation sites is 1. The van der Waals surface area contributed by atoms with E-state index in [0.29, 0.717) is 22.2 Å². The number of nitrogens with zero attached hydrogens (tertiary/aromatic N) is 1. The van der Waals surface area contributed by atoms with Crippen LogP contribution in [0.2, 0.25) is 0 Å². The van der Waals surface area contributed by atoms with Crippen molar-refractivity contribution in [3.8, 4) is 0 Å². The van der Waals surface area contributed by atoms with Gasteiger partial charge in [0.2, 0.25) is 5.91 Å². The topological polar surface area (TPSA) is 83.1 Å². The molecule has 3 aromatic rings. The minimum atomic E-state index is -0.308. The second-order valence-electron chi connectivity index (χ2n) is 5.25. The molecule has 0 saturated carbocycles. The number of nitrogens with one attached hydrogen (secondary N) is 3. The minimum Gasteiger partial charge on any atom is -0.332 e. The minimum absolute atomic E-state index is 0.167. The monoisotopic (exact) mass is 352 g/mol. The first-order chi connectivity index (χ1) is 12.1.